The molecule has 5 rings (SSSR count). The topological polar surface area (TPSA) is 68.8 Å². The molecule has 0 aliphatic carbocycles. The first-order chi connectivity index (χ1) is 14.2. The van der Waals surface area contributed by atoms with Crippen molar-refractivity contribution in [3.8, 4) is 0 Å². The molecule has 0 atom stereocenters. The van der Waals surface area contributed by atoms with Gasteiger partial charge in [0, 0.05) is 63.3 Å². The fourth-order valence-electron chi connectivity index (χ4n) is 4.44. The third kappa shape index (κ3) is 3.35. The zero-order chi connectivity index (χ0) is 19.8. The predicted molar refractivity (Wildman–Crippen MR) is 112 cm³/mol. The van der Waals surface area contributed by atoms with E-state index in [2.05, 4.69) is 27.3 Å². The summed E-state index contributed by atoms with van der Waals surface area (Å²) >= 11 is 0. The number of carbonyl (C=O) groups excluding carboxylic acids is 2. The zero-order valence-corrected chi connectivity index (χ0v) is 16.4. The van der Waals surface area contributed by atoms with Gasteiger partial charge < -0.3 is 20.0 Å². The first-order valence-electron chi connectivity index (χ1n) is 10.4. The molecule has 0 bridgehead atoms. The number of hydrogen-bond acceptors (Lipinski definition) is 5. The highest BCUT2D eigenvalue weighted by Gasteiger charge is 2.26. The summed E-state index contributed by atoms with van der Waals surface area (Å²) < 4.78 is 0. The Hall–Kier alpha value is -2.93. The molecule has 4 heterocycles. The lowest BCUT2D eigenvalue weighted by molar-refractivity contribution is -0.117. The zero-order valence-electron chi connectivity index (χ0n) is 16.4. The summed E-state index contributed by atoms with van der Waals surface area (Å²) in [6.45, 7) is 4.82. The Morgan fingerprint density at radius 2 is 1.83 bits per heavy atom. The number of fused-ring (bicyclic) bond motifs is 1. The smallest absolute Gasteiger partial charge is 0.255 e. The van der Waals surface area contributed by atoms with Crippen molar-refractivity contribution in [1.82, 2.24) is 15.2 Å². The number of pyridine rings is 1. The molecule has 0 spiro atoms. The van der Waals surface area contributed by atoms with E-state index in [-0.39, 0.29) is 11.8 Å². The molecule has 2 amide bonds. The van der Waals surface area contributed by atoms with Crippen molar-refractivity contribution >= 4 is 29.0 Å². The number of anilines is 3. The Kier molecular flexibility index (Phi) is 4.67. The van der Waals surface area contributed by atoms with Gasteiger partial charge in [-0.1, -0.05) is 0 Å². The molecule has 150 valence electrons. The minimum absolute atomic E-state index is 0.0484. The van der Waals surface area contributed by atoms with Crippen LogP contribution in [0.5, 0.6) is 0 Å². The summed E-state index contributed by atoms with van der Waals surface area (Å²) in [6.07, 6.45) is 4.19. The van der Waals surface area contributed by atoms with Gasteiger partial charge in [-0.15, -0.1) is 0 Å². The van der Waals surface area contributed by atoms with Gasteiger partial charge in [-0.3, -0.25) is 9.59 Å². The summed E-state index contributed by atoms with van der Waals surface area (Å²) in [5.74, 6) is 1.11. The highest BCUT2D eigenvalue weighted by molar-refractivity contribution is 5.96. The van der Waals surface area contributed by atoms with Gasteiger partial charge in [0.2, 0.25) is 5.91 Å². The third-order valence-electron chi connectivity index (χ3n) is 6.02. The molecule has 29 heavy (non-hydrogen) atoms. The van der Waals surface area contributed by atoms with Crippen molar-refractivity contribution in [3.05, 3.63) is 47.7 Å². The van der Waals surface area contributed by atoms with Crippen LogP contribution in [0.15, 0.2) is 36.5 Å². The van der Waals surface area contributed by atoms with Gasteiger partial charge in [0.05, 0.1) is 5.56 Å². The molecular weight excluding hydrogens is 366 g/mol. The van der Waals surface area contributed by atoms with Gasteiger partial charge >= 0.3 is 0 Å². The van der Waals surface area contributed by atoms with Crippen molar-refractivity contribution in [2.75, 3.05) is 49.1 Å². The van der Waals surface area contributed by atoms with E-state index in [1.807, 2.05) is 28.0 Å². The van der Waals surface area contributed by atoms with E-state index in [0.29, 0.717) is 12.0 Å². The Balaban J connectivity index is 1.34. The van der Waals surface area contributed by atoms with Crippen LogP contribution in [0.4, 0.5) is 17.2 Å². The van der Waals surface area contributed by atoms with Gasteiger partial charge in [0.25, 0.3) is 5.91 Å². The summed E-state index contributed by atoms with van der Waals surface area (Å²) in [4.78, 5) is 35.2. The minimum Gasteiger partial charge on any atom is -0.336 e. The van der Waals surface area contributed by atoms with Crippen LogP contribution in [-0.2, 0) is 11.2 Å². The predicted octanol–water partition coefficient (Wildman–Crippen LogP) is 1.95. The van der Waals surface area contributed by atoms with Crippen molar-refractivity contribution in [3.63, 3.8) is 0 Å². The summed E-state index contributed by atoms with van der Waals surface area (Å²) in [6, 6.07) is 10.1. The molecule has 3 aliphatic heterocycles. The van der Waals surface area contributed by atoms with E-state index < -0.39 is 0 Å². The normalized spacial score (nSPS) is 19.0. The standard InChI is InChI=1S/C22H25N5O2/c28-21-2-1-10-26(21)18-4-5-19-16(14-18)7-11-27(19)20-6-3-17(15-24-20)22(29)25-12-8-23-9-13-25/h3-6,14-15,23H,1-2,7-13H2. The van der Waals surface area contributed by atoms with Crippen LogP contribution in [-0.4, -0.2) is 61.0 Å². The second-order valence-electron chi connectivity index (χ2n) is 7.81. The largest absolute Gasteiger partial charge is 0.336 e. The molecule has 3 aliphatic rings. The molecule has 7 nitrogen and oxygen atoms in total. The van der Waals surface area contributed by atoms with Crippen LogP contribution in [0, 0.1) is 0 Å². The van der Waals surface area contributed by atoms with E-state index >= 15 is 0 Å². The molecule has 1 N–H and O–H groups in total. The molecule has 2 saturated heterocycles. The maximum absolute atomic E-state index is 12.6. The van der Waals surface area contributed by atoms with E-state index in [4.69, 9.17) is 0 Å². The second kappa shape index (κ2) is 7.48. The number of aromatic nitrogens is 1. The van der Waals surface area contributed by atoms with Crippen molar-refractivity contribution in [2.45, 2.75) is 19.3 Å². The highest BCUT2D eigenvalue weighted by atomic mass is 16.2. The van der Waals surface area contributed by atoms with E-state index in [0.717, 1.165) is 69.3 Å². The average Bonchev–Trinajstić information content (AvgIpc) is 3.39. The number of carbonyl (C=O) groups is 2. The summed E-state index contributed by atoms with van der Waals surface area (Å²) in [5, 5.41) is 3.26. The highest BCUT2D eigenvalue weighted by Crippen LogP contribution is 2.36. The lowest BCUT2D eigenvalue weighted by Crippen LogP contribution is -2.46. The van der Waals surface area contributed by atoms with Gasteiger partial charge in [-0.25, -0.2) is 4.98 Å². The van der Waals surface area contributed by atoms with Gasteiger partial charge in [-0.05, 0) is 48.7 Å². The monoisotopic (exact) mass is 391 g/mol. The van der Waals surface area contributed by atoms with Gasteiger partial charge in [-0.2, -0.15) is 0 Å². The number of piperazine rings is 1. The van der Waals surface area contributed by atoms with Gasteiger partial charge in [0.15, 0.2) is 0 Å². The number of nitrogens with zero attached hydrogens (tertiary/aromatic N) is 4. The van der Waals surface area contributed by atoms with E-state index in [9.17, 15) is 9.59 Å². The fourth-order valence-corrected chi connectivity index (χ4v) is 4.44. The van der Waals surface area contributed by atoms with Gasteiger partial charge in [0.1, 0.15) is 5.82 Å². The van der Waals surface area contributed by atoms with E-state index in [1.54, 1.807) is 6.20 Å². The first kappa shape index (κ1) is 18.1. The Morgan fingerprint density at radius 3 is 2.55 bits per heavy atom. The van der Waals surface area contributed by atoms with Crippen LogP contribution >= 0.6 is 0 Å². The maximum Gasteiger partial charge on any atom is 0.255 e. The summed E-state index contributed by atoms with van der Waals surface area (Å²) in [5.41, 5.74) is 4.01. The molecule has 0 saturated carbocycles. The minimum atomic E-state index is 0.0484. The number of rotatable bonds is 3. The number of hydrogen-bond donors (Lipinski definition) is 1. The number of nitrogens with one attached hydrogen (secondary N) is 1. The molecular formula is C22H25N5O2. The lowest BCUT2D eigenvalue weighted by Gasteiger charge is -2.27. The molecule has 1 aromatic heterocycles. The van der Waals surface area contributed by atoms with Crippen LogP contribution in [0.1, 0.15) is 28.8 Å². The lowest BCUT2D eigenvalue weighted by atomic mass is 10.1. The Bertz CT molecular complexity index is 937. The Labute approximate surface area is 170 Å². The van der Waals surface area contributed by atoms with E-state index in [1.165, 1.54) is 5.56 Å². The number of benzene rings is 1. The van der Waals surface area contributed by atoms with Crippen LogP contribution in [0.2, 0.25) is 0 Å². The molecule has 1 aromatic carbocycles. The SMILES string of the molecule is O=C(c1ccc(N2CCc3cc(N4CCCC4=O)ccc32)nc1)N1CCNCC1. The first-order valence-corrected chi connectivity index (χ1v) is 10.4. The average molecular weight is 391 g/mol. The molecule has 2 aromatic rings. The molecule has 0 radical (unpaired) electrons. The molecule has 2 fully saturated rings. The summed E-state index contributed by atoms with van der Waals surface area (Å²) in [7, 11) is 0. The van der Waals surface area contributed by atoms with Crippen LogP contribution in [0.3, 0.4) is 0 Å². The maximum atomic E-state index is 12.6. The number of amides is 2. The second-order valence-corrected chi connectivity index (χ2v) is 7.81. The van der Waals surface area contributed by atoms with Crippen molar-refractivity contribution in [1.29, 1.82) is 0 Å². The van der Waals surface area contributed by atoms with Crippen LogP contribution in [0.25, 0.3) is 0 Å². The fraction of sp³-hybridized carbons (Fsp3) is 0.409. The molecule has 7 heteroatoms. The van der Waals surface area contributed by atoms with Crippen LogP contribution < -0.4 is 15.1 Å². The molecule has 0 unspecified atom stereocenters. The third-order valence-corrected chi connectivity index (χ3v) is 6.02. The van der Waals surface area contributed by atoms with Crippen molar-refractivity contribution < 1.29 is 9.59 Å². The Morgan fingerprint density at radius 1 is 0.966 bits per heavy atom. The quantitative estimate of drug-likeness (QED) is 0.866. The van der Waals surface area contributed by atoms with Crippen molar-refractivity contribution in [2.24, 2.45) is 0 Å².